The SMILES string of the molecule is CCC1NC=CN1CCN. The number of rotatable bonds is 3. The number of nitrogens with zero attached hydrogens (tertiary/aromatic N) is 1. The summed E-state index contributed by atoms with van der Waals surface area (Å²) >= 11 is 0. The minimum atomic E-state index is 0.476. The van der Waals surface area contributed by atoms with Gasteiger partial charge >= 0.3 is 0 Å². The molecule has 0 fully saturated rings. The monoisotopic (exact) mass is 141 g/mol. The Labute approximate surface area is 61.9 Å². The molecule has 0 radical (unpaired) electrons. The van der Waals surface area contributed by atoms with Crippen molar-refractivity contribution in [3.63, 3.8) is 0 Å². The molecular weight excluding hydrogens is 126 g/mol. The Morgan fingerprint density at radius 3 is 3.10 bits per heavy atom. The van der Waals surface area contributed by atoms with Crippen molar-refractivity contribution in [3.8, 4) is 0 Å². The van der Waals surface area contributed by atoms with Crippen LogP contribution >= 0.6 is 0 Å². The lowest BCUT2D eigenvalue weighted by atomic mass is 10.3. The smallest absolute Gasteiger partial charge is 0.0979 e. The molecule has 3 heteroatoms. The molecule has 1 rings (SSSR count). The Bertz CT molecular complexity index is 122. The van der Waals surface area contributed by atoms with Crippen LogP contribution in [0.3, 0.4) is 0 Å². The van der Waals surface area contributed by atoms with Crippen molar-refractivity contribution < 1.29 is 0 Å². The molecule has 3 N–H and O–H groups in total. The van der Waals surface area contributed by atoms with Gasteiger partial charge in [-0.05, 0) is 6.42 Å². The molecule has 1 atom stereocenters. The minimum Gasteiger partial charge on any atom is -0.370 e. The first-order chi connectivity index (χ1) is 4.88. The van der Waals surface area contributed by atoms with Gasteiger partial charge in [-0.15, -0.1) is 0 Å². The zero-order valence-electron chi connectivity index (χ0n) is 6.38. The van der Waals surface area contributed by atoms with Crippen LogP contribution in [0.1, 0.15) is 13.3 Å². The summed E-state index contributed by atoms with van der Waals surface area (Å²) in [5.41, 5.74) is 5.42. The second-order valence-electron chi connectivity index (χ2n) is 2.43. The molecule has 1 aliphatic heterocycles. The van der Waals surface area contributed by atoms with Crippen LogP contribution in [0.5, 0.6) is 0 Å². The van der Waals surface area contributed by atoms with Crippen LogP contribution in [0, 0.1) is 0 Å². The van der Waals surface area contributed by atoms with E-state index in [1.54, 1.807) is 0 Å². The predicted octanol–water partition coefficient (Wildman–Crippen LogP) is 0.0576. The lowest BCUT2D eigenvalue weighted by Gasteiger charge is -2.23. The first kappa shape index (κ1) is 7.41. The van der Waals surface area contributed by atoms with Gasteiger partial charge < -0.3 is 16.0 Å². The topological polar surface area (TPSA) is 41.3 Å². The zero-order chi connectivity index (χ0) is 7.40. The summed E-state index contributed by atoms with van der Waals surface area (Å²) in [5.74, 6) is 0. The number of nitrogens with two attached hydrogens (primary N) is 1. The van der Waals surface area contributed by atoms with E-state index in [1.807, 2.05) is 6.20 Å². The van der Waals surface area contributed by atoms with Crippen molar-refractivity contribution >= 4 is 0 Å². The van der Waals surface area contributed by atoms with Gasteiger partial charge in [-0.25, -0.2) is 0 Å². The Balaban J connectivity index is 2.33. The summed E-state index contributed by atoms with van der Waals surface area (Å²) in [6.07, 6.45) is 5.63. The highest BCUT2D eigenvalue weighted by atomic mass is 15.3. The molecule has 10 heavy (non-hydrogen) atoms. The van der Waals surface area contributed by atoms with Crippen LogP contribution in [0.4, 0.5) is 0 Å². The maximum absolute atomic E-state index is 5.42. The standard InChI is InChI=1S/C7H15N3/c1-2-7-9-4-6-10(7)5-3-8/h4,6-7,9H,2-3,5,8H2,1H3. The molecule has 0 aromatic carbocycles. The van der Waals surface area contributed by atoms with Gasteiger partial charge in [0.1, 0.15) is 0 Å². The van der Waals surface area contributed by atoms with Crippen LogP contribution < -0.4 is 11.1 Å². The van der Waals surface area contributed by atoms with Gasteiger partial charge in [0.25, 0.3) is 0 Å². The molecule has 3 nitrogen and oxygen atoms in total. The Hall–Kier alpha value is -0.700. The van der Waals surface area contributed by atoms with Crippen molar-refractivity contribution in [2.45, 2.75) is 19.5 Å². The molecule has 1 heterocycles. The summed E-state index contributed by atoms with van der Waals surface area (Å²) < 4.78 is 0. The van der Waals surface area contributed by atoms with E-state index in [0.29, 0.717) is 6.17 Å². The second kappa shape index (κ2) is 3.46. The molecule has 0 aromatic heterocycles. The molecule has 0 amide bonds. The van der Waals surface area contributed by atoms with Crippen LogP contribution in [-0.2, 0) is 0 Å². The highest BCUT2D eigenvalue weighted by Crippen LogP contribution is 2.05. The second-order valence-corrected chi connectivity index (χ2v) is 2.43. The molecule has 1 aliphatic rings. The van der Waals surface area contributed by atoms with E-state index in [4.69, 9.17) is 5.73 Å². The van der Waals surface area contributed by atoms with Gasteiger partial charge in [-0.2, -0.15) is 0 Å². The fourth-order valence-electron chi connectivity index (χ4n) is 1.18. The lowest BCUT2D eigenvalue weighted by Crippen LogP contribution is -2.37. The predicted molar refractivity (Wildman–Crippen MR) is 42.1 cm³/mol. The quantitative estimate of drug-likeness (QED) is 0.584. The van der Waals surface area contributed by atoms with Crippen molar-refractivity contribution in [1.82, 2.24) is 10.2 Å². The van der Waals surface area contributed by atoms with Gasteiger partial charge in [0, 0.05) is 25.5 Å². The van der Waals surface area contributed by atoms with E-state index in [9.17, 15) is 0 Å². The fraction of sp³-hybridized carbons (Fsp3) is 0.714. The van der Waals surface area contributed by atoms with Gasteiger partial charge in [0.15, 0.2) is 0 Å². The molecule has 0 bridgehead atoms. The normalized spacial score (nSPS) is 23.4. The Morgan fingerprint density at radius 2 is 2.50 bits per heavy atom. The summed E-state index contributed by atoms with van der Waals surface area (Å²) in [4.78, 5) is 2.22. The summed E-state index contributed by atoms with van der Waals surface area (Å²) in [6.45, 7) is 3.83. The third-order valence-corrected chi connectivity index (χ3v) is 1.73. The fourth-order valence-corrected chi connectivity index (χ4v) is 1.18. The van der Waals surface area contributed by atoms with Gasteiger partial charge in [-0.3, -0.25) is 0 Å². The van der Waals surface area contributed by atoms with E-state index >= 15 is 0 Å². The van der Waals surface area contributed by atoms with Gasteiger partial charge in [0.2, 0.25) is 0 Å². The van der Waals surface area contributed by atoms with Crippen molar-refractivity contribution in [2.75, 3.05) is 13.1 Å². The van der Waals surface area contributed by atoms with Gasteiger partial charge in [-0.1, -0.05) is 6.92 Å². The Morgan fingerprint density at radius 1 is 1.70 bits per heavy atom. The molecule has 0 spiro atoms. The third-order valence-electron chi connectivity index (χ3n) is 1.73. The number of hydrogen-bond donors (Lipinski definition) is 2. The maximum atomic E-state index is 5.42. The van der Waals surface area contributed by atoms with E-state index in [1.165, 1.54) is 0 Å². The van der Waals surface area contributed by atoms with Crippen molar-refractivity contribution in [2.24, 2.45) is 5.73 Å². The molecule has 1 unspecified atom stereocenters. The first-order valence-electron chi connectivity index (χ1n) is 3.77. The summed E-state index contributed by atoms with van der Waals surface area (Å²) in [6, 6.07) is 0. The molecule has 58 valence electrons. The van der Waals surface area contributed by atoms with E-state index in [-0.39, 0.29) is 0 Å². The highest BCUT2D eigenvalue weighted by molar-refractivity contribution is 4.93. The maximum Gasteiger partial charge on any atom is 0.0979 e. The molecule has 0 aliphatic carbocycles. The highest BCUT2D eigenvalue weighted by Gasteiger charge is 2.13. The van der Waals surface area contributed by atoms with Crippen LogP contribution in [0.25, 0.3) is 0 Å². The zero-order valence-corrected chi connectivity index (χ0v) is 6.38. The van der Waals surface area contributed by atoms with Crippen LogP contribution in [0.15, 0.2) is 12.4 Å². The minimum absolute atomic E-state index is 0.476. The molecule has 0 aromatic rings. The average molecular weight is 141 g/mol. The van der Waals surface area contributed by atoms with Crippen LogP contribution in [0.2, 0.25) is 0 Å². The van der Waals surface area contributed by atoms with Crippen molar-refractivity contribution in [1.29, 1.82) is 0 Å². The average Bonchev–Trinajstić information content (AvgIpc) is 2.36. The number of hydrogen-bond acceptors (Lipinski definition) is 3. The largest absolute Gasteiger partial charge is 0.370 e. The van der Waals surface area contributed by atoms with Crippen molar-refractivity contribution in [3.05, 3.63) is 12.4 Å². The van der Waals surface area contributed by atoms with Crippen LogP contribution in [-0.4, -0.2) is 24.2 Å². The van der Waals surface area contributed by atoms with E-state index in [0.717, 1.165) is 19.5 Å². The Kier molecular flexibility index (Phi) is 2.57. The first-order valence-corrected chi connectivity index (χ1v) is 3.77. The number of nitrogens with one attached hydrogen (secondary N) is 1. The van der Waals surface area contributed by atoms with E-state index < -0.39 is 0 Å². The summed E-state index contributed by atoms with van der Waals surface area (Å²) in [5, 5.41) is 3.23. The third kappa shape index (κ3) is 1.42. The van der Waals surface area contributed by atoms with E-state index in [2.05, 4.69) is 23.3 Å². The molecule has 0 saturated heterocycles. The van der Waals surface area contributed by atoms with Gasteiger partial charge in [0.05, 0.1) is 6.17 Å². The summed E-state index contributed by atoms with van der Waals surface area (Å²) in [7, 11) is 0. The molecular formula is C7H15N3. The lowest BCUT2D eigenvalue weighted by molar-refractivity contribution is 0.278. The molecule has 0 saturated carbocycles.